The zero-order valence-electron chi connectivity index (χ0n) is 36.0. The molecule has 0 aliphatic rings. The molecule has 0 saturated heterocycles. The topological polar surface area (TPSA) is 35.6 Å². The monoisotopic (exact) mass is 1010 g/mol. The molecule has 0 amide bonds. The van der Waals surface area contributed by atoms with E-state index >= 15 is 0 Å². The Kier molecular flexibility index (Phi) is 12.3. The van der Waals surface area contributed by atoms with Gasteiger partial charge in [-0.1, -0.05) is 122 Å². The quantitative estimate of drug-likeness (QED) is 0.142. The van der Waals surface area contributed by atoms with Gasteiger partial charge >= 0.3 is 0 Å². The Hall–Kier alpha value is -5.17. The number of aromatic nitrogens is 4. The minimum absolute atomic E-state index is 0. The van der Waals surface area contributed by atoms with Gasteiger partial charge in [-0.2, -0.15) is 0 Å². The van der Waals surface area contributed by atoms with Crippen molar-refractivity contribution in [3.8, 4) is 34.2 Å². The second kappa shape index (κ2) is 17.7. The van der Waals surface area contributed by atoms with Crippen molar-refractivity contribution in [2.75, 3.05) is 0 Å². The Bertz CT molecular complexity index is 2900. The average molecular weight is 1010 g/mol. The molecule has 0 saturated carbocycles. The van der Waals surface area contributed by atoms with Crippen molar-refractivity contribution in [3.05, 3.63) is 168 Å². The predicted octanol–water partition coefficient (Wildman–Crippen LogP) is 16.1. The molecule has 4 nitrogen and oxygen atoms in total. The molecule has 0 unspecified atom stereocenters. The maximum Gasteiger partial charge on any atom is 0.144 e. The summed E-state index contributed by atoms with van der Waals surface area (Å²) in [7, 11) is 0. The van der Waals surface area contributed by atoms with Gasteiger partial charge in [-0.3, -0.25) is 9.55 Å². The molecule has 0 spiro atoms. The van der Waals surface area contributed by atoms with E-state index in [2.05, 4.69) is 180 Å². The smallest absolute Gasteiger partial charge is 0.144 e. The maximum absolute atomic E-state index is 4.75. The van der Waals surface area contributed by atoms with Crippen LogP contribution in [0, 0.1) is 6.07 Å². The maximum atomic E-state index is 4.75. The van der Waals surface area contributed by atoms with E-state index in [0.29, 0.717) is 23.7 Å². The number of imidazole rings is 2. The second-order valence-electron chi connectivity index (χ2n) is 16.9. The van der Waals surface area contributed by atoms with Crippen molar-refractivity contribution >= 4 is 63.0 Å². The number of fused-ring (bicyclic) bond motifs is 6. The van der Waals surface area contributed by atoms with Crippen LogP contribution < -0.4 is 0 Å². The van der Waals surface area contributed by atoms with Crippen molar-refractivity contribution in [1.29, 1.82) is 0 Å². The molecule has 309 valence electrons. The molecule has 6 aromatic carbocycles. The van der Waals surface area contributed by atoms with E-state index in [1.54, 1.807) is 0 Å². The molecular formula is C54H51IrN4S2-. The minimum Gasteiger partial charge on any atom is -0.339 e. The van der Waals surface area contributed by atoms with E-state index < -0.39 is 0 Å². The third kappa shape index (κ3) is 7.72. The largest absolute Gasteiger partial charge is 0.339 e. The summed E-state index contributed by atoms with van der Waals surface area (Å²) >= 11 is 3.83. The molecule has 10 aromatic rings. The minimum atomic E-state index is 0. The first kappa shape index (κ1) is 42.5. The third-order valence-corrected chi connectivity index (χ3v) is 14.0. The molecule has 4 aromatic heterocycles. The van der Waals surface area contributed by atoms with E-state index in [9.17, 15) is 0 Å². The van der Waals surface area contributed by atoms with Crippen molar-refractivity contribution in [2.24, 2.45) is 0 Å². The summed E-state index contributed by atoms with van der Waals surface area (Å²) in [6.07, 6.45) is 8.04. The van der Waals surface area contributed by atoms with Crippen molar-refractivity contribution in [2.45, 2.75) is 79.1 Å². The van der Waals surface area contributed by atoms with Crippen LogP contribution in [-0.4, -0.2) is 19.1 Å². The first-order valence-corrected chi connectivity index (χ1v) is 22.8. The molecule has 0 bridgehead atoms. The van der Waals surface area contributed by atoms with E-state index in [1.165, 1.54) is 74.0 Å². The Morgan fingerprint density at radius 1 is 0.492 bits per heavy atom. The Balaban J connectivity index is 0.000000166. The number of benzene rings is 6. The van der Waals surface area contributed by atoms with Gasteiger partial charge in [-0.05, 0) is 70.2 Å². The molecule has 0 aliphatic heterocycles. The van der Waals surface area contributed by atoms with Gasteiger partial charge in [0.1, 0.15) is 5.82 Å². The van der Waals surface area contributed by atoms with E-state index in [-0.39, 0.29) is 20.1 Å². The average Bonchev–Trinajstić information content (AvgIpc) is 4.08. The number of nitrogens with zero attached hydrogens (tertiary/aromatic N) is 4. The van der Waals surface area contributed by atoms with Crippen LogP contribution in [0.3, 0.4) is 0 Å². The first-order valence-electron chi connectivity index (χ1n) is 21.2. The van der Waals surface area contributed by atoms with Crippen LogP contribution in [0.4, 0.5) is 0 Å². The fourth-order valence-electron chi connectivity index (χ4n) is 8.78. The van der Waals surface area contributed by atoms with Crippen LogP contribution in [0.25, 0.3) is 74.5 Å². The summed E-state index contributed by atoms with van der Waals surface area (Å²) < 4.78 is 10.1. The van der Waals surface area contributed by atoms with Gasteiger partial charge in [0.15, 0.2) is 0 Å². The van der Waals surface area contributed by atoms with Crippen LogP contribution in [0.2, 0.25) is 0 Å². The molecule has 0 atom stereocenters. The molecule has 0 N–H and O–H groups in total. The summed E-state index contributed by atoms with van der Waals surface area (Å²) in [5, 5.41) is 5.48. The molecule has 61 heavy (non-hydrogen) atoms. The van der Waals surface area contributed by atoms with Gasteiger partial charge in [0, 0.05) is 96.5 Å². The van der Waals surface area contributed by atoms with Crippen molar-refractivity contribution in [3.63, 3.8) is 0 Å². The van der Waals surface area contributed by atoms with Crippen LogP contribution in [0.5, 0.6) is 0 Å². The molecule has 1 radical (unpaired) electrons. The Labute approximate surface area is 381 Å². The molecule has 0 fully saturated rings. The van der Waals surface area contributed by atoms with Gasteiger partial charge in [0.2, 0.25) is 0 Å². The summed E-state index contributed by atoms with van der Waals surface area (Å²) in [5.41, 5.74) is 10.3. The number of hydrogen-bond donors (Lipinski definition) is 0. The number of hydrogen-bond acceptors (Lipinski definition) is 4. The summed E-state index contributed by atoms with van der Waals surface area (Å²) in [6, 6.07) is 44.3. The molecule has 4 heterocycles. The zero-order chi connectivity index (χ0) is 41.7. The SMILES string of the molecule is CC(C)c1cc2c(sc3ccccc32)c(C(C)C)c1-n1ccnc1-c1[c-]cccc1.CC(C)c1cc2c(sc3ccccc32)c(C(C)C)c1-n1ccnc1-c1ccccc1.[Ir]. The summed E-state index contributed by atoms with van der Waals surface area (Å²) in [6.45, 7) is 18.4. The van der Waals surface area contributed by atoms with Gasteiger partial charge in [0.25, 0.3) is 0 Å². The Morgan fingerprint density at radius 3 is 1.43 bits per heavy atom. The molecule has 7 heteroatoms. The van der Waals surface area contributed by atoms with Crippen LogP contribution in [0.15, 0.2) is 140 Å². The molecule has 10 rings (SSSR count). The summed E-state index contributed by atoms with van der Waals surface area (Å²) in [4.78, 5) is 9.47. The summed E-state index contributed by atoms with van der Waals surface area (Å²) in [5.74, 6) is 3.55. The van der Waals surface area contributed by atoms with Gasteiger partial charge in [-0.15, -0.1) is 58.6 Å². The second-order valence-corrected chi connectivity index (χ2v) is 19.0. The van der Waals surface area contributed by atoms with Crippen LogP contribution in [0.1, 0.15) is 101 Å². The molecule has 0 aliphatic carbocycles. The fourth-order valence-corrected chi connectivity index (χ4v) is 11.5. The van der Waals surface area contributed by atoms with Crippen LogP contribution >= 0.6 is 22.7 Å². The number of rotatable bonds is 8. The molecular weight excluding hydrogens is 961 g/mol. The van der Waals surface area contributed by atoms with E-state index in [0.717, 1.165) is 22.8 Å². The van der Waals surface area contributed by atoms with Gasteiger partial charge < -0.3 is 4.57 Å². The normalized spacial score (nSPS) is 11.7. The third-order valence-electron chi connectivity index (χ3n) is 11.6. The Morgan fingerprint density at radius 2 is 0.951 bits per heavy atom. The van der Waals surface area contributed by atoms with Gasteiger partial charge in [0.05, 0.1) is 11.5 Å². The van der Waals surface area contributed by atoms with Crippen molar-refractivity contribution in [1.82, 2.24) is 19.1 Å². The van der Waals surface area contributed by atoms with Gasteiger partial charge in [-0.25, -0.2) is 4.98 Å². The predicted molar refractivity (Wildman–Crippen MR) is 259 cm³/mol. The zero-order valence-corrected chi connectivity index (χ0v) is 40.1. The number of thiophene rings is 2. The van der Waals surface area contributed by atoms with Crippen LogP contribution in [-0.2, 0) is 20.1 Å². The van der Waals surface area contributed by atoms with E-state index in [1.807, 2.05) is 53.3 Å². The first-order chi connectivity index (χ1) is 29.1. The fraction of sp³-hybridized carbons (Fsp3) is 0.222. The standard InChI is InChI=1S/C27H26N2S.C27H25N2S.Ir/c2*1-17(2)21-16-22-20-12-8-9-13-23(20)30-26(22)24(18(3)4)25(21)29-15-14-28-27(29)19-10-6-5-7-11-19;/h5-18H,1-4H3;5-10,12-18H,1-4H3;/q;-1;. The van der Waals surface area contributed by atoms with Crippen molar-refractivity contribution < 1.29 is 20.1 Å². The van der Waals surface area contributed by atoms with E-state index in [4.69, 9.17) is 9.97 Å².